The maximum Gasteiger partial charge on any atom is 0.326 e. The molecule has 158 valence electrons. The second-order valence-electron chi connectivity index (χ2n) is 6.51. The van der Waals surface area contributed by atoms with Gasteiger partial charge in [-0.25, -0.2) is 4.79 Å². The molecule has 1 heterocycles. The van der Waals surface area contributed by atoms with Gasteiger partial charge in [-0.15, -0.1) is 0 Å². The number of allylic oxidation sites excluding steroid dienone is 2. The van der Waals surface area contributed by atoms with Crippen LogP contribution in [0.4, 0.5) is 0 Å². The molecular formula is C20H21N3O5S2. The van der Waals surface area contributed by atoms with E-state index in [1.54, 1.807) is 6.08 Å². The Balaban J connectivity index is 1.98. The molecular weight excluding hydrogens is 426 g/mol. The average molecular weight is 448 g/mol. The Hall–Kier alpha value is -2.98. The lowest BCUT2D eigenvalue weighted by Gasteiger charge is -2.16. The molecule has 8 nitrogen and oxygen atoms in total. The lowest BCUT2D eigenvalue weighted by Crippen LogP contribution is -2.44. The summed E-state index contributed by atoms with van der Waals surface area (Å²) in [5.74, 6) is -3.15. The number of carbonyl (C=O) groups is 4. The summed E-state index contributed by atoms with van der Waals surface area (Å²) in [5.41, 5.74) is 6.86. The predicted molar refractivity (Wildman–Crippen MR) is 118 cm³/mol. The topological polar surface area (TPSA) is 130 Å². The summed E-state index contributed by atoms with van der Waals surface area (Å²) in [7, 11) is 0. The first-order chi connectivity index (χ1) is 14.2. The number of amides is 3. The highest BCUT2D eigenvalue weighted by atomic mass is 32.2. The van der Waals surface area contributed by atoms with Crippen molar-refractivity contribution < 1.29 is 24.3 Å². The van der Waals surface area contributed by atoms with E-state index < -0.39 is 30.2 Å². The molecule has 0 radical (unpaired) electrons. The number of nitrogens with one attached hydrogen (secondary N) is 1. The summed E-state index contributed by atoms with van der Waals surface area (Å²) in [6, 6.07) is 8.24. The van der Waals surface area contributed by atoms with Crippen LogP contribution >= 0.6 is 24.0 Å². The third-order valence-electron chi connectivity index (χ3n) is 4.03. The smallest absolute Gasteiger partial charge is 0.326 e. The van der Waals surface area contributed by atoms with Gasteiger partial charge in [0.25, 0.3) is 5.91 Å². The molecule has 0 spiro atoms. The van der Waals surface area contributed by atoms with Crippen LogP contribution in [0.5, 0.6) is 0 Å². The number of hydrogen-bond donors (Lipinski definition) is 3. The minimum absolute atomic E-state index is 0.00179. The maximum absolute atomic E-state index is 12.6. The highest BCUT2D eigenvalue weighted by Gasteiger charge is 2.32. The number of carboxylic acids is 1. The van der Waals surface area contributed by atoms with Crippen LogP contribution in [0.1, 0.15) is 25.3 Å². The van der Waals surface area contributed by atoms with E-state index in [0.29, 0.717) is 9.23 Å². The van der Waals surface area contributed by atoms with Crippen molar-refractivity contribution in [2.45, 2.75) is 25.8 Å². The molecule has 1 aliphatic rings. The van der Waals surface area contributed by atoms with Crippen molar-refractivity contribution in [3.63, 3.8) is 0 Å². The van der Waals surface area contributed by atoms with Gasteiger partial charge in [-0.3, -0.25) is 19.3 Å². The average Bonchev–Trinajstić information content (AvgIpc) is 2.92. The zero-order valence-corrected chi connectivity index (χ0v) is 17.8. The second-order valence-corrected chi connectivity index (χ2v) is 8.19. The highest BCUT2D eigenvalue weighted by Crippen LogP contribution is 2.32. The van der Waals surface area contributed by atoms with Crippen LogP contribution in [0.2, 0.25) is 0 Å². The second kappa shape index (κ2) is 10.7. The van der Waals surface area contributed by atoms with Crippen LogP contribution in [-0.2, 0) is 19.2 Å². The summed E-state index contributed by atoms with van der Waals surface area (Å²) in [6.07, 6.45) is 2.99. The first kappa shape index (κ1) is 23.3. The van der Waals surface area contributed by atoms with Gasteiger partial charge in [-0.2, -0.15) is 0 Å². The van der Waals surface area contributed by atoms with Gasteiger partial charge in [0.1, 0.15) is 10.4 Å². The molecule has 1 saturated heterocycles. The van der Waals surface area contributed by atoms with E-state index in [1.165, 1.54) is 4.90 Å². The van der Waals surface area contributed by atoms with Gasteiger partial charge in [0.2, 0.25) is 11.8 Å². The van der Waals surface area contributed by atoms with Crippen LogP contribution in [0, 0.1) is 0 Å². The summed E-state index contributed by atoms with van der Waals surface area (Å²) in [5, 5.41) is 11.3. The van der Waals surface area contributed by atoms with E-state index in [2.05, 4.69) is 5.32 Å². The van der Waals surface area contributed by atoms with Gasteiger partial charge >= 0.3 is 5.97 Å². The number of thiocarbonyl (C=S) groups is 1. The van der Waals surface area contributed by atoms with Crippen LogP contribution in [-0.4, -0.2) is 50.6 Å². The molecule has 0 aromatic heterocycles. The van der Waals surface area contributed by atoms with Crippen LogP contribution < -0.4 is 11.1 Å². The number of primary amides is 1. The van der Waals surface area contributed by atoms with E-state index in [0.717, 1.165) is 22.9 Å². The molecule has 1 aromatic carbocycles. The Morgan fingerprint density at radius 1 is 1.30 bits per heavy atom. The molecule has 4 N–H and O–H groups in total. The Morgan fingerprint density at radius 2 is 1.97 bits per heavy atom. The number of carbonyl (C=O) groups excluding carboxylic acids is 3. The Bertz CT molecular complexity index is 928. The molecule has 10 heteroatoms. The number of benzene rings is 1. The standard InChI is InChI=1S/C20H21N3O5S2/c1-12(9-13-5-3-2-4-6-13)10-15-18(26)23(20(29)30-15)8-7-17(25)22-14(19(27)28)11-16(21)24/h2-6,9-10,14H,7-8,11H2,1H3,(H2,21,24)(H,22,25)(H,27,28)/b12-9-,15-10+. The molecule has 0 aliphatic carbocycles. The van der Waals surface area contributed by atoms with Gasteiger partial charge < -0.3 is 16.2 Å². The molecule has 1 unspecified atom stereocenters. The van der Waals surface area contributed by atoms with Crippen molar-refractivity contribution in [3.05, 3.63) is 52.4 Å². The van der Waals surface area contributed by atoms with Gasteiger partial charge in [0, 0.05) is 13.0 Å². The van der Waals surface area contributed by atoms with Crippen molar-refractivity contribution in [1.82, 2.24) is 10.2 Å². The number of aliphatic carboxylic acids is 1. The lowest BCUT2D eigenvalue weighted by molar-refractivity contribution is -0.143. The quantitative estimate of drug-likeness (QED) is 0.388. The number of thioether (sulfide) groups is 1. The Kier molecular flexibility index (Phi) is 8.31. The molecule has 0 bridgehead atoms. The lowest BCUT2D eigenvalue weighted by atomic mass is 10.1. The minimum atomic E-state index is -1.41. The van der Waals surface area contributed by atoms with E-state index in [-0.39, 0.29) is 18.9 Å². The third kappa shape index (κ3) is 6.82. The molecule has 1 fully saturated rings. The maximum atomic E-state index is 12.6. The normalized spacial score (nSPS) is 16.6. The van der Waals surface area contributed by atoms with Gasteiger partial charge in [-0.1, -0.05) is 60.4 Å². The fourth-order valence-corrected chi connectivity index (χ4v) is 3.99. The molecule has 1 aromatic rings. The molecule has 1 aliphatic heterocycles. The summed E-state index contributed by atoms with van der Waals surface area (Å²) in [6.45, 7) is 1.87. The summed E-state index contributed by atoms with van der Waals surface area (Å²) in [4.78, 5) is 48.4. The van der Waals surface area contributed by atoms with Gasteiger partial charge in [-0.05, 0) is 24.1 Å². The molecule has 3 amide bonds. The number of rotatable bonds is 9. The van der Waals surface area contributed by atoms with Crippen molar-refractivity contribution in [2.75, 3.05) is 6.54 Å². The summed E-state index contributed by atoms with van der Waals surface area (Å²) < 4.78 is 0.318. The van der Waals surface area contributed by atoms with E-state index >= 15 is 0 Å². The van der Waals surface area contributed by atoms with E-state index in [1.807, 2.05) is 43.3 Å². The third-order valence-corrected chi connectivity index (χ3v) is 5.41. The van der Waals surface area contributed by atoms with Crippen molar-refractivity contribution in [2.24, 2.45) is 5.73 Å². The largest absolute Gasteiger partial charge is 0.480 e. The molecule has 1 atom stereocenters. The Labute approximate surface area is 183 Å². The number of carboxylic acid groups (broad SMARTS) is 1. The van der Waals surface area contributed by atoms with Crippen molar-refractivity contribution >= 4 is 58.1 Å². The number of nitrogens with zero attached hydrogens (tertiary/aromatic N) is 1. The van der Waals surface area contributed by atoms with Crippen LogP contribution in [0.15, 0.2) is 46.9 Å². The molecule has 2 rings (SSSR count). The Morgan fingerprint density at radius 3 is 2.57 bits per heavy atom. The first-order valence-corrected chi connectivity index (χ1v) is 10.2. The number of nitrogens with two attached hydrogens (primary N) is 1. The molecule has 0 saturated carbocycles. The summed E-state index contributed by atoms with van der Waals surface area (Å²) >= 11 is 6.38. The predicted octanol–water partition coefficient (Wildman–Crippen LogP) is 1.67. The van der Waals surface area contributed by atoms with E-state index in [4.69, 9.17) is 23.1 Å². The van der Waals surface area contributed by atoms with Crippen molar-refractivity contribution in [1.29, 1.82) is 0 Å². The van der Waals surface area contributed by atoms with E-state index in [9.17, 15) is 19.2 Å². The monoisotopic (exact) mass is 447 g/mol. The SMILES string of the molecule is CC(=C/c1ccccc1)/C=C1/SC(=S)N(CCC(=O)NC(CC(N)=O)C(=O)O)C1=O. The van der Waals surface area contributed by atoms with Gasteiger partial charge in [0.05, 0.1) is 11.3 Å². The number of hydrogen-bond acceptors (Lipinski definition) is 6. The van der Waals surface area contributed by atoms with Crippen LogP contribution in [0.3, 0.4) is 0 Å². The first-order valence-electron chi connectivity index (χ1n) is 8.96. The fourth-order valence-electron chi connectivity index (χ4n) is 2.63. The fraction of sp³-hybridized carbons (Fsp3) is 0.250. The zero-order valence-electron chi connectivity index (χ0n) is 16.2. The van der Waals surface area contributed by atoms with Gasteiger partial charge in [0.15, 0.2) is 0 Å². The molecule has 30 heavy (non-hydrogen) atoms. The van der Waals surface area contributed by atoms with Crippen LogP contribution in [0.25, 0.3) is 6.08 Å². The minimum Gasteiger partial charge on any atom is -0.480 e. The zero-order chi connectivity index (χ0) is 22.3. The highest BCUT2D eigenvalue weighted by molar-refractivity contribution is 8.26. The van der Waals surface area contributed by atoms with Crippen molar-refractivity contribution in [3.8, 4) is 0 Å².